The Balaban J connectivity index is 1.11. The lowest BCUT2D eigenvalue weighted by Gasteiger charge is -2.51. The second-order valence-corrected chi connectivity index (χ2v) is 11.8. The molecule has 3 heterocycles. The van der Waals surface area contributed by atoms with Crippen LogP contribution < -0.4 is 4.90 Å². The molecule has 32 heavy (non-hydrogen) atoms. The van der Waals surface area contributed by atoms with Crippen molar-refractivity contribution in [2.24, 2.45) is 23.2 Å². The number of ether oxygens (including phenoxy) is 2. The zero-order valence-corrected chi connectivity index (χ0v) is 20.2. The summed E-state index contributed by atoms with van der Waals surface area (Å²) in [4.78, 5) is 17.7. The van der Waals surface area contributed by atoms with Crippen molar-refractivity contribution in [2.75, 3.05) is 44.2 Å². The van der Waals surface area contributed by atoms with Gasteiger partial charge in [-0.15, -0.1) is 0 Å². The van der Waals surface area contributed by atoms with Crippen LogP contribution in [0.15, 0.2) is 18.2 Å². The highest BCUT2D eigenvalue weighted by atomic mass is 35.5. The molecule has 6 atom stereocenters. The standard InChI is InChI=1S/C25H32Cl2N2O3/c1-24-5-2-6-25(15-31-25)22(24)12-17-18(23(30)32-21(17)13-24)14-28-7-9-29(10-8-28)16-3-4-19(26)20(27)11-16/h3-4,11,17-18,21-22H,2,5-10,12-15H2,1H3/t17-,18-,21-,22-,24-,25+/m1/s1. The Morgan fingerprint density at radius 3 is 2.62 bits per heavy atom. The molecule has 6 rings (SSSR count). The molecule has 0 unspecified atom stereocenters. The highest BCUT2D eigenvalue weighted by Crippen LogP contribution is 2.62. The third kappa shape index (κ3) is 3.55. The van der Waals surface area contributed by atoms with Crippen LogP contribution in [0.1, 0.15) is 39.0 Å². The average molecular weight is 479 g/mol. The number of nitrogens with zero attached hydrogens (tertiary/aromatic N) is 2. The summed E-state index contributed by atoms with van der Waals surface area (Å²) in [5.41, 5.74) is 1.48. The fourth-order valence-corrected chi connectivity index (χ4v) is 7.61. The van der Waals surface area contributed by atoms with Crippen LogP contribution in [-0.4, -0.2) is 61.9 Å². The Kier molecular flexibility index (Phi) is 5.22. The number of piperazine rings is 1. The number of esters is 1. The lowest BCUT2D eigenvalue weighted by molar-refractivity contribution is -0.147. The molecular weight excluding hydrogens is 447 g/mol. The number of carbonyl (C=O) groups excluding carboxylic acids is 1. The van der Waals surface area contributed by atoms with Crippen LogP contribution in [0.2, 0.25) is 10.0 Å². The SMILES string of the molecule is C[C@]12CCC[C@]3(CO3)[C@@H]1C[C@H]1[C@@H](C2)OC(=O)[C@@H]1CN1CCN(c2ccc(Cl)c(Cl)c2)CC1. The van der Waals surface area contributed by atoms with Crippen molar-refractivity contribution in [1.82, 2.24) is 4.90 Å². The highest BCUT2D eigenvalue weighted by Gasteiger charge is 2.65. The smallest absolute Gasteiger partial charge is 0.310 e. The molecule has 1 aromatic carbocycles. The zero-order chi connectivity index (χ0) is 22.1. The second kappa shape index (κ2) is 7.76. The number of hydrogen-bond donors (Lipinski definition) is 0. The van der Waals surface area contributed by atoms with Crippen molar-refractivity contribution in [3.05, 3.63) is 28.2 Å². The van der Waals surface area contributed by atoms with Crippen LogP contribution in [-0.2, 0) is 14.3 Å². The lowest BCUT2D eigenvalue weighted by Crippen LogP contribution is -2.52. The Hall–Kier alpha value is -1.01. The minimum atomic E-state index is -0.00111. The van der Waals surface area contributed by atoms with E-state index in [1.165, 1.54) is 19.3 Å². The van der Waals surface area contributed by atoms with Gasteiger partial charge in [0.25, 0.3) is 0 Å². The van der Waals surface area contributed by atoms with Gasteiger partial charge in [0.05, 0.1) is 28.2 Å². The van der Waals surface area contributed by atoms with Crippen molar-refractivity contribution < 1.29 is 14.3 Å². The van der Waals surface area contributed by atoms with Gasteiger partial charge in [-0.05, 0) is 61.6 Å². The van der Waals surface area contributed by atoms with Crippen LogP contribution in [0.5, 0.6) is 0 Å². The first-order chi connectivity index (χ1) is 15.4. The molecule has 0 bridgehead atoms. The van der Waals surface area contributed by atoms with E-state index in [-0.39, 0.29) is 29.0 Å². The maximum absolute atomic E-state index is 12.9. The monoisotopic (exact) mass is 478 g/mol. The van der Waals surface area contributed by atoms with Gasteiger partial charge >= 0.3 is 5.97 Å². The van der Waals surface area contributed by atoms with Gasteiger partial charge in [0, 0.05) is 44.3 Å². The molecule has 0 aromatic heterocycles. The van der Waals surface area contributed by atoms with Gasteiger partial charge in [0.2, 0.25) is 0 Å². The van der Waals surface area contributed by atoms with Gasteiger partial charge in [-0.25, -0.2) is 0 Å². The third-order valence-corrected chi connectivity index (χ3v) is 9.91. The molecule has 7 heteroatoms. The topological polar surface area (TPSA) is 45.3 Å². The van der Waals surface area contributed by atoms with Crippen molar-refractivity contribution in [3.63, 3.8) is 0 Å². The molecule has 3 saturated heterocycles. The maximum Gasteiger partial charge on any atom is 0.310 e. The molecule has 5 aliphatic rings. The van der Waals surface area contributed by atoms with Crippen LogP contribution in [0.4, 0.5) is 5.69 Å². The Morgan fingerprint density at radius 1 is 1.12 bits per heavy atom. The van der Waals surface area contributed by atoms with E-state index in [1.807, 2.05) is 18.2 Å². The first-order valence-electron chi connectivity index (χ1n) is 12.1. The van der Waals surface area contributed by atoms with Crippen LogP contribution in [0.25, 0.3) is 0 Å². The van der Waals surface area contributed by atoms with Gasteiger partial charge in [-0.3, -0.25) is 9.69 Å². The Morgan fingerprint density at radius 2 is 1.91 bits per heavy atom. The van der Waals surface area contributed by atoms with Crippen molar-refractivity contribution in [1.29, 1.82) is 0 Å². The molecule has 174 valence electrons. The lowest BCUT2D eigenvalue weighted by atomic mass is 9.53. The van der Waals surface area contributed by atoms with Gasteiger partial charge in [-0.2, -0.15) is 0 Å². The number of rotatable bonds is 3. The predicted octanol–water partition coefficient (Wildman–Crippen LogP) is 4.64. The molecule has 1 aromatic rings. The summed E-state index contributed by atoms with van der Waals surface area (Å²) in [5, 5.41) is 1.18. The van der Waals surface area contributed by atoms with Crippen molar-refractivity contribution >= 4 is 34.9 Å². The summed E-state index contributed by atoms with van der Waals surface area (Å²) >= 11 is 12.3. The molecule has 5 nitrogen and oxygen atoms in total. The number of hydrogen-bond acceptors (Lipinski definition) is 5. The number of anilines is 1. The van der Waals surface area contributed by atoms with E-state index in [4.69, 9.17) is 32.7 Å². The van der Waals surface area contributed by atoms with Crippen LogP contribution >= 0.6 is 23.2 Å². The van der Waals surface area contributed by atoms with E-state index in [0.29, 0.717) is 21.9 Å². The summed E-state index contributed by atoms with van der Waals surface area (Å²) in [7, 11) is 0. The molecule has 0 N–H and O–H groups in total. The summed E-state index contributed by atoms with van der Waals surface area (Å²) in [6, 6.07) is 5.83. The largest absolute Gasteiger partial charge is 0.462 e. The van der Waals surface area contributed by atoms with Gasteiger partial charge < -0.3 is 14.4 Å². The van der Waals surface area contributed by atoms with Gasteiger partial charge in [-0.1, -0.05) is 30.1 Å². The van der Waals surface area contributed by atoms with E-state index in [2.05, 4.69) is 16.7 Å². The maximum atomic E-state index is 12.9. The summed E-state index contributed by atoms with van der Waals surface area (Å²) < 4.78 is 12.0. The fraction of sp³-hybridized carbons (Fsp3) is 0.720. The molecule has 0 amide bonds. The van der Waals surface area contributed by atoms with E-state index < -0.39 is 0 Å². The second-order valence-electron chi connectivity index (χ2n) is 11.0. The van der Waals surface area contributed by atoms with E-state index >= 15 is 0 Å². The summed E-state index contributed by atoms with van der Waals surface area (Å²) in [6.45, 7) is 7.87. The van der Waals surface area contributed by atoms with Gasteiger partial charge in [0.1, 0.15) is 6.10 Å². The number of carbonyl (C=O) groups is 1. The third-order valence-electron chi connectivity index (χ3n) is 9.17. The van der Waals surface area contributed by atoms with E-state index in [0.717, 1.165) is 57.9 Å². The van der Waals surface area contributed by atoms with E-state index in [9.17, 15) is 4.79 Å². The minimum absolute atomic E-state index is 0.00111. The Bertz CT molecular complexity index is 914. The average Bonchev–Trinajstić information content (AvgIpc) is 3.47. The molecule has 3 aliphatic heterocycles. The first-order valence-corrected chi connectivity index (χ1v) is 12.9. The van der Waals surface area contributed by atoms with E-state index in [1.54, 1.807) is 0 Å². The summed E-state index contributed by atoms with van der Waals surface area (Å²) in [6.07, 6.45) is 5.87. The molecule has 2 saturated carbocycles. The molecule has 2 aliphatic carbocycles. The quantitative estimate of drug-likeness (QED) is 0.467. The van der Waals surface area contributed by atoms with Crippen molar-refractivity contribution in [2.45, 2.75) is 50.7 Å². The first kappa shape index (κ1) is 21.5. The van der Waals surface area contributed by atoms with Crippen LogP contribution in [0, 0.1) is 23.2 Å². The number of epoxide rings is 1. The summed E-state index contributed by atoms with van der Waals surface area (Å²) in [5.74, 6) is 0.945. The van der Waals surface area contributed by atoms with Crippen molar-refractivity contribution in [3.8, 4) is 0 Å². The molecular formula is C25H32Cl2N2O3. The number of benzene rings is 1. The highest BCUT2D eigenvalue weighted by molar-refractivity contribution is 6.42. The normalized spacial score (nSPS) is 41.3. The zero-order valence-electron chi connectivity index (χ0n) is 18.7. The Labute approximate surface area is 200 Å². The molecule has 1 spiro atoms. The molecule has 0 radical (unpaired) electrons. The fourth-order valence-electron chi connectivity index (χ4n) is 7.31. The van der Waals surface area contributed by atoms with Crippen LogP contribution in [0.3, 0.4) is 0 Å². The minimum Gasteiger partial charge on any atom is -0.462 e. The molecule has 5 fully saturated rings. The number of halogens is 2. The van der Waals surface area contributed by atoms with Gasteiger partial charge in [0.15, 0.2) is 0 Å². The number of fused-ring (bicyclic) bond motifs is 3. The predicted molar refractivity (Wildman–Crippen MR) is 125 cm³/mol.